The van der Waals surface area contributed by atoms with E-state index in [-0.39, 0.29) is 5.41 Å². The van der Waals surface area contributed by atoms with Gasteiger partial charge in [0.2, 0.25) is 0 Å². The zero-order valence-electron chi connectivity index (χ0n) is 26.5. The summed E-state index contributed by atoms with van der Waals surface area (Å²) in [5, 5.41) is 4.76. The van der Waals surface area contributed by atoms with Crippen LogP contribution in [0.2, 0.25) is 0 Å². The largest absolute Gasteiger partial charge is 0.457 e. The van der Waals surface area contributed by atoms with Gasteiger partial charge < -0.3 is 8.98 Å². The van der Waals surface area contributed by atoms with Crippen molar-refractivity contribution in [3.8, 4) is 27.9 Å². The van der Waals surface area contributed by atoms with Gasteiger partial charge in [0.1, 0.15) is 16.9 Å². The van der Waals surface area contributed by atoms with Crippen LogP contribution >= 0.6 is 0 Å². The van der Waals surface area contributed by atoms with Crippen molar-refractivity contribution in [2.24, 2.45) is 0 Å². The van der Waals surface area contributed by atoms with E-state index in [9.17, 15) is 0 Å². The summed E-state index contributed by atoms with van der Waals surface area (Å²) in [4.78, 5) is 5.17. The number of rotatable bonds is 2. The second kappa shape index (κ2) is 9.02. The predicted octanol–water partition coefficient (Wildman–Crippen LogP) is 11.5. The van der Waals surface area contributed by atoms with Crippen LogP contribution in [-0.4, -0.2) is 14.0 Å². The van der Waals surface area contributed by atoms with Gasteiger partial charge >= 0.3 is 0 Å². The maximum absolute atomic E-state index is 6.91. The van der Waals surface area contributed by atoms with E-state index < -0.39 is 0 Å². The molecule has 0 bridgehead atoms. The van der Waals surface area contributed by atoms with Crippen LogP contribution in [0.1, 0.15) is 25.2 Å². The number of para-hydroxylation sites is 3. The molecule has 0 saturated carbocycles. The smallest absolute Gasteiger partial charge is 0.161 e. The van der Waals surface area contributed by atoms with Gasteiger partial charge in [0.25, 0.3) is 0 Å². The fraction of sp³-hybridized carbons (Fsp3) is 0.0682. The van der Waals surface area contributed by atoms with Crippen LogP contribution in [0.5, 0.6) is 0 Å². The van der Waals surface area contributed by atoms with Gasteiger partial charge in [-0.15, -0.1) is 0 Å². The average molecular weight is 616 g/mol. The molecule has 0 atom stereocenters. The molecule has 0 radical (unpaired) electrons. The van der Waals surface area contributed by atoms with Crippen molar-refractivity contribution in [2.45, 2.75) is 19.3 Å². The number of hydrogen-bond acceptors (Lipinski definition) is 2. The normalized spacial score (nSPS) is 13.8. The zero-order chi connectivity index (χ0) is 31.7. The summed E-state index contributed by atoms with van der Waals surface area (Å²) in [6.07, 6.45) is 0. The minimum atomic E-state index is -0.267. The molecule has 1 aliphatic rings. The number of fused-ring (bicyclic) bond motifs is 15. The summed E-state index contributed by atoms with van der Waals surface area (Å²) >= 11 is 0. The molecule has 0 saturated heterocycles. The Labute approximate surface area is 276 Å². The first-order valence-corrected chi connectivity index (χ1v) is 16.6. The molecule has 0 aliphatic heterocycles. The van der Waals surface area contributed by atoms with Gasteiger partial charge in [-0.1, -0.05) is 91.0 Å². The van der Waals surface area contributed by atoms with Crippen molar-refractivity contribution in [2.75, 3.05) is 0 Å². The molecule has 0 unspecified atom stereocenters. The quantitative estimate of drug-likeness (QED) is 0.181. The third kappa shape index (κ3) is 3.22. The summed E-state index contributed by atoms with van der Waals surface area (Å²) < 4.78 is 11.6. The Morgan fingerprint density at radius 3 is 2.08 bits per heavy atom. The molecule has 0 spiro atoms. The first kappa shape index (κ1) is 26.0. The molecule has 226 valence electrons. The number of nitrogens with zero attached hydrogens (tertiary/aromatic N) is 3. The molecule has 11 rings (SSSR count). The molecular weight excluding hydrogens is 587 g/mol. The summed E-state index contributed by atoms with van der Waals surface area (Å²) in [6.45, 7) is 4.57. The van der Waals surface area contributed by atoms with Gasteiger partial charge in [0, 0.05) is 32.8 Å². The second-order valence-corrected chi connectivity index (χ2v) is 13.6. The van der Waals surface area contributed by atoms with Crippen molar-refractivity contribution in [3.05, 3.63) is 151 Å². The topological polar surface area (TPSA) is 35.4 Å². The molecule has 4 heteroatoms. The van der Waals surface area contributed by atoms with Gasteiger partial charge in [0.15, 0.2) is 5.58 Å². The van der Waals surface area contributed by atoms with Gasteiger partial charge in [-0.05, 0) is 90.0 Å². The molecule has 10 aromatic rings. The van der Waals surface area contributed by atoms with E-state index in [1.165, 1.54) is 49.5 Å². The lowest BCUT2D eigenvalue weighted by Crippen LogP contribution is -2.14. The number of furan rings is 1. The van der Waals surface area contributed by atoms with Gasteiger partial charge in [-0.2, -0.15) is 0 Å². The van der Waals surface area contributed by atoms with Gasteiger partial charge in [-0.3, -0.25) is 4.40 Å². The lowest BCUT2D eigenvalue weighted by Gasteiger charge is -2.19. The first-order valence-electron chi connectivity index (χ1n) is 16.6. The monoisotopic (exact) mass is 615 g/mol. The van der Waals surface area contributed by atoms with Crippen LogP contribution in [0, 0.1) is 0 Å². The number of aromatic nitrogens is 3. The van der Waals surface area contributed by atoms with Crippen LogP contribution in [-0.2, 0) is 5.41 Å². The van der Waals surface area contributed by atoms with Crippen molar-refractivity contribution >= 4 is 60.4 Å². The van der Waals surface area contributed by atoms with Crippen LogP contribution in [0.15, 0.2) is 144 Å². The highest BCUT2D eigenvalue weighted by Crippen LogP contribution is 2.55. The SMILES string of the molecule is CC1(C)c2ccc(-c3ccc4nc5c6ccccc6c6ccccc6n5c4c3)cc2-c2c1oc1c3ccccc3n(-c3ccccc3)c21. The molecule has 4 nitrogen and oxygen atoms in total. The zero-order valence-corrected chi connectivity index (χ0v) is 26.5. The lowest BCUT2D eigenvalue weighted by atomic mass is 9.85. The Bertz CT molecular complexity index is 2970. The van der Waals surface area contributed by atoms with Crippen LogP contribution in [0.4, 0.5) is 0 Å². The maximum Gasteiger partial charge on any atom is 0.161 e. The Balaban J connectivity index is 1.18. The van der Waals surface area contributed by atoms with E-state index in [1.54, 1.807) is 0 Å². The third-order valence-electron chi connectivity index (χ3n) is 10.6. The van der Waals surface area contributed by atoms with E-state index >= 15 is 0 Å². The lowest BCUT2D eigenvalue weighted by molar-refractivity contribution is 0.466. The van der Waals surface area contributed by atoms with Crippen molar-refractivity contribution in [1.29, 1.82) is 0 Å². The highest BCUT2D eigenvalue weighted by atomic mass is 16.3. The standard InChI is InChI=1S/C44H29N3O/c1-44(2)34-22-20-26(24-33(34)39-40-41(48-42(39)44)32-17-9-11-19-37(32)46(40)28-12-4-3-5-13-28)27-21-23-35-38(25-27)47-36-18-10-8-15-30(36)29-14-6-7-16-31(29)43(47)45-35/h3-25H,1-2H3. The number of imidazole rings is 1. The summed E-state index contributed by atoms with van der Waals surface area (Å²) in [5.74, 6) is 1.03. The average Bonchev–Trinajstić information content (AvgIpc) is 3.85. The summed E-state index contributed by atoms with van der Waals surface area (Å²) in [6, 6.07) is 50.1. The van der Waals surface area contributed by atoms with Crippen LogP contribution in [0.25, 0.3) is 88.3 Å². The Morgan fingerprint density at radius 1 is 0.583 bits per heavy atom. The Kier molecular flexibility index (Phi) is 4.88. The van der Waals surface area contributed by atoms with Gasteiger partial charge in [-0.25, -0.2) is 4.98 Å². The molecule has 1 aliphatic carbocycles. The fourth-order valence-electron chi connectivity index (χ4n) is 8.42. The second-order valence-electron chi connectivity index (χ2n) is 13.6. The van der Waals surface area contributed by atoms with Crippen LogP contribution < -0.4 is 0 Å². The highest BCUT2D eigenvalue weighted by Gasteiger charge is 2.42. The first-order chi connectivity index (χ1) is 23.6. The number of pyridine rings is 1. The number of hydrogen-bond donors (Lipinski definition) is 0. The molecular formula is C44H29N3O. The maximum atomic E-state index is 6.91. The molecule has 6 aromatic carbocycles. The molecule has 0 N–H and O–H groups in total. The minimum absolute atomic E-state index is 0.267. The molecule has 0 amide bonds. The fourth-order valence-corrected chi connectivity index (χ4v) is 8.42. The van der Waals surface area contributed by atoms with Crippen LogP contribution in [0.3, 0.4) is 0 Å². The Morgan fingerprint density at radius 2 is 1.25 bits per heavy atom. The van der Waals surface area contributed by atoms with Crippen molar-refractivity contribution in [3.63, 3.8) is 0 Å². The van der Waals surface area contributed by atoms with Crippen molar-refractivity contribution in [1.82, 2.24) is 14.0 Å². The molecule has 4 heterocycles. The van der Waals surface area contributed by atoms with E-state index in [4.69, 9.17) is 9.40 Å². The third-order valence-corrected chi connectivity index (χ3v) is 10.6. The minimum Gasteiger partial charge on any atom is -0.457 e. The van der Waals surface area contributed by atoms with E-state index in [1.807, 2.05) is 0 Å². The van der Waals surface area contributed by atoms with E-state index in [0.29, 0.717) is 0 Å². The number of benzene rings is 6. The van der Waals surface area contributed by atoms with E-state index in [2.05, 4.69) is 162 Å². The summed E-state index contributed by atoms with van der Waals surface area (Å²) in [7, 11) is 0. The molecule has 48 heavy (non-hydrogen) atoms. The summed E-state index contributed by atoms with van der Waals surface area (Å²) in [5.41, 5.74) is 14.4. The van der Waals surface area contributed by atoms with Gasteiger partial charge in [0.05, 0.1) is 22.1 Å². The molecule has 0 fully saturated rings. The van der Waals surface area contributed by atoms with Crippen molar-refractivity contribution < 1.29 is 4.42 Å². The highest BCUT2D eigenvalue weighted by molar-refractivity contribution is 6.15. The molecule has 4 aromatic heterocycles. The Hall–Kier alpha value is -6.13. The predicted molar refractivity (Wildman–Crippen MR) is 197 cm³/mol. The van der Waals surface area contributed by atoms with E-state index in [0.717, 1.165) is 50.1 Å².